The van der Waals surface area contributed by atoms with Gasteiger partial charge in [0.25, 0.3) is 0 Å². The van der Waals surface area contributed by atoms with Crippen LogP contribution in [0.2, 0.25) is 0 Å². The molecule has 5 N–H and O–H groups in total. The fourth-order valence-electron chi connectivity index (χ4n) is 2.34. The summed E-state index contributed by atoms with van der Waals surface area (Å²) in [5.74, 6) is -3.30. The van der Waals surface area contributed by atoms with Crippen LogP contribution >= 0.6 is 24.0 Å². The van der Waals surface area contributed by atoms with E-state index in [-0.39, 0.29) is 24.3 Å². The summed E-state index contributed by atoms with van der Waals surface area (Å²) in [4.78, 5) is 23.2. The molecule has 1 unspecified atom stereocenters. The molecule has 158 valence electrons. The highest BCUT2D eigenvalue weighted by Gasteiger charge is 2.35. The molecule has 1 rings (SSSR count). The zero-order valence-corrected chi connectivity index (χ0v) is 16.6. The summed E-state index contributed by atoms with van der Waals surface area (Å²) in [6.07, 6.45) is -3.35. The Balaban J connectivity index is 3.49. The Hall–Kier alpha value is -2.72. The number of rotatable bonds is 8. The van der Waals surface area contributed by atoms with Crippen molar-refractivity contribution in [2.24, 2.45) is 5.73 Å². The molecule has 13 heteroatoms. The lowest BCUT2D eigenvalue weighted by atomic mass is 9.93. The van der Waals surface area contributed by atoms with Crippen molar-refractivity contribution in [2.45, 2.75) is 18.7 Å². The van der Waals surface area contributed by atoms with Gasteiger partial charge in [-0.2, -0.15) is 17.0 Å². The Morgan fingerprint density at radius 2 is 2.10 bits per heavy atom. The van der Waals surface area contributed by atoms with E-state index < -0.39 is 46.3 Å². The molecule has 0 radical (unpaired) electrons. The number of nitriles is 1. The molecule has 0 aliphatic rings. The van der Waals surface area contributed by atoms with Crippen LogP contribution in [-0.2, 0) is 4.79 Å². The average Bonchev–Trinajstić information content (AvgIpc) is 2.59. The van der Waals surface area contributed by atoms with E-state index in [9.17, 15) is 27.9 Å². The third-order valence-corrected chi connectivity index (χ3v) is 4.40. The van der Waals surface area contributed by atoms with Crippen molar-refractivity contribution < 1.29 is 32.6 Å². The first kappa shape index (κ1) is 24.3. The molecule has 0 spiro atoms. The summed E-state index contributed by atoms with van der Waals surface area (Å²) in [7, 11) is 0. The van der Waals surface area contributed by atoms with E-state index in [0.717, 1.165) is 12.1 Å². The van der Waals surface area contributed by atoms with Crippen molar-refractivity contribution >= 4 is 40.9 Å². The number of primary amides is 1. The second-order valence-corrected chi connectivity index (χ2v) is 6.77. The number of halogens is 3. The van der Waals surface area contributed by atoms with E-state index in [2.05, 4.69) is 10.1 Å². The molecule has 0 aliphatic carbocycles. The molecule has 0 saturated heterocycles. The Morgan fingerprint density at radius 1 is 1.45 bits per heavy atom. The van der Waals surface area contributed by atoms with Gasteiger partial charge in [-0.1, -0.05) is 18.3 Å². The first-order chi connectivity index (χ1) is 13.5. The topological polar surface area (TPSA) is 137 Å². The molecule has 0 heterocycles. The van der Waals surface area contributed by atoms with E-state index in [1.54, 1.807) is 6.26 Å². The molecule has 0 aromatic heterocycles. The largest absolute Gasteiger partial charge is 0.573 e. The molecular weight excluding hydrogens is 433 g/mol. The number of hydrogen-bond acceptors (Lipinski definition) is 7. The molecule has 1 aromatic carbocycles. The number of urea groups is 1. The van der Waals surface area contributed by atoms with Crippen LogP contribution < -0.4 is 21.1 Å². The molecule has 1 atom stereocenters. The van der Waals surface area contributed by atoms with Gasteiger partial charge in [-0.25, -0.2) is 4.79 Å². The Kier molecular flexibility index (Phi) is 8.99. The van der Waals surface area contributed by atoms with Gasteiger partial charge in [0.15, 0.2) is 11.5 Å². The quantitative estimate of drug-likeness (QED) is 0.352. The normalized spacial score (nSPS) is 11.8. The molecular formula is C16H17F3N4O4S2. The number of nitrogens with two attached hydrogens (primary N) is 1. The number of alkyl halides is 3. The van der Waals surface area contributed by atoms with Gasteiger partial charge in [0.05, 0.1) is 24.0 Å². The number of ether oxygens (including phenoxy) is 1. The van der Waals surface area contributed by atoms with E-state index in [0.29, 0.717) is 0 Å². The van der Waals surface area contributed by atoms with Gasteiger partial charge in [0.2, 0.25) is 5.91 Å². The average molecular weight is 450 g/mol. The van der Waals surface area contributed by atoms with E-state index in [1.165, 1.54) is 11.8 Å². The molecule has 0 bridgehead atoms. The summed E-state index contributed by atoms with van der Waals surface area (Å²) in [5, 5.41) is 23.5. The minimum Gasteiger partial charge on any atom is -0.504 e. The minimum atomic E-state index is -5.09. The van der Waals surface area contributed by atoms with Crippen LogP contribution in [0.4, 0.5) is 18.0 Å². The summed E-state index contributed by atoms with van der Waals surface area (Å²) in [5.41, 5.74) is 4.66. The summed E-state index contributed by atoms with van der Waals surface area (Å²) in [6, 6.07) is 2.72. The monoisotopic (exact) mass is 450 g/mol. The maximum atomic E-state index is 12.6. The van der Waals surface area contributed by atoms with Crippen molar-refractivity contribution in [1.29, 1.82) is 5.26 Å². The molecule has 0 fully saturated rings. The van der Waals surface area contributed by atoms with E-state index in [1.807, 2.05) is 11.4 Å². The van der Waals surface area contributed by atoms with Crippen molar-refractivity contribution in [1.82, 2.24) is 10.6 Å². The third-order valence-electron chi connectivity index (χ3n) is 3.42. The number of amides is 3. The Morgan fingerprint density at radius 3 is 2.62 bits per heavy atom. The second kappa shape index (κ2) is 10.7. The number of phenolic OH excluding ortho intramolecular Hbond substituents is 1. The smallest absolute Gasteiger partial charge is 0.504 e. The number of hydrogen-bond donors (Lipinski definition) is 4. The Bertz CT molecular complexity index is 828. The zero-order chi connectivity index (χ0) is 22.2. The fraction of sp³-hybridized carbons (Fsp3) is 0.375. The van der Waals surface area contributed by atoms with Gasteiger partial charge >= 0.3 is 12.4 Å². The number of nitrogens with one attached hydrogen (secondary N) is 2. The maximum Gasteiger partial charge on any atom is 0.573 e. The van der Waals surface area contributed by atoms with Crippen LogP contribution in [0.5, 0.6) is 11.5 Å². The summed E-state index contributed by atoms with van der Waals surface area (Å²) < 4.78 is 41.6. The number of carbonyl (C=O) groups is 2. The lowest BCUT2D eigenvalue weighted by Gasteiger charge is -2.22. The minimum absolute atomic E-state index is 0.0514. The van der Waals surface area contributed by atoms with Crippen LogP contribution in [-0.4, -0.2) is 46.9 Å². The highest BCUT2D eigenvalue weighted by atomic mass is 32.2. The van der Waals surface area contributed by atoms with Gasteiger partial charge in [-0.15, -0.1) is 13.2 Å². The second-order valence-electron chi connectivity index (χ2n) is 5.45. The lowest BCUT2D eigenvalue weighted by molar-refractivity contribution is -0.275. The van der Waals surface area contributed by atoms with Crippen LogP contribution in [0, 0.1) is 11.3 Å². The summed E-state index contributed by atoms with van der Waals surface area (Å²) in [6.45, 7) is 0.0563. The van der Waals surface area contributed by atoms with E-state index >= 15 is 0 Å². The van der Waals surface area contributed by atoms with Gasteiger partial charge < -0.3 is 20.9 Å². The lowest BCUT2D eigenvalue weighted by Crippen LogP contribution is -2.37. The first-order valence-corrected chi connectivity index (χ1v) is 9.68. The molecule has 0 aliphatic heterocycles. The number of benzene rings is 1. The highest BCUT2D eigenvalue weighted by Crippen LogP contribution is 2.39. The van der Waals surface area contributed by atoms with Crippen molar-refractivity contribution in [2.75, 3.05) is 18.6 Å². The standard InChI is InChI=1S/C16H17F3N4O4S2/c1-29-7-9(13(25)22-6-2-5-20)8-3-4-10(27-16(17,18)19)12(24)11(8)14(28)23-15(21)26/h3-4,9,24H,2,6-7H2,1H3,(H,22,25)(H3,21,23,26,28). The van der Waals surface area contributed by atoms with Crippen LogP contribution in [0.25, 0.3) is 0 Å². The highest BCUT2D eigenvalue weighted by molar-refractivity contribution is 7.98. The van der Waals surface area contributed by atoms with Crippen molar-refractivity contribution in [3.63, 3.8) is 0 Å². The third kappa shape index (κ3) is 7.31. The number of carbonyl (C=O) groups excluding carboxylic acids is 2. The Labute approximate surface area is 173 Å². The predicted molar refractivity (Wildman–Crippen MR) is 104 cm³/mol. The molecule has 3 amide bonds. The van der Waals surface area contributed by atoms with Gasteiger partial charge in [-0.3, -0.25) is 10.1 Å². The number of phenols is 1. The number of nitrogens with zero attached hydrogens (tertiary/aromatic N) is 1. The van der Waals surface area contributed by atoms with E-state index in [4.69, 9.17) is 23.2 Å². The predicted octanol–water partition coefficient (Wildman–Crippen LogP) is 2.11. The van der Waals surface area contributed by atoms with Crippen molar-refractivity contribution in [3.05, 3.63) is 23.3 Å². The zero-order valence-electron chi connectivity index (χ0n) is 15.0. The van der Waals surface area contributed by atoms with Gasteiger partial charge in [0, 0.05) is 12.3 Å². The first-order valence-electron chi connectivity index (χ1n) is 7.87. The summed E-state index contributed by atoms with van der Waals surface area (Å²) >= 11 is 6.23. The number of aromatic hydroxyl groups is 1. The van der Waals surface area contributed by atoms with Crippen LogP contribution in [0.15, 0.2) is 12.1 Å². The molecule has 0 saturated carbocycles. The van der Waals surface area contributed by atoms with Gasteiger partial charge in [0.1, 0.15) is 4.99 Å². The van der Waals surface area contributed by atoms with Crippen molar-refractivity contribution in [3.8, 4) is 17.6 Å². The van der Waals surface area contributed by atoms with Gasteiger partial charge in [-0.05, 0) is 17.9 Å². The van der Waals surface area contributed by atoms with Crippen LogP contribution in [0.3, 0.4) is 0 Å². The molecule has 29 heavy (non-hydrogen) atoms. The van der Waals surface area contributed by atoms with Crippen LogP contribution in [0.1, 0.15) is 23.5 Å². The SMILES string of the molecule is CSCC(C(=O)NCCC#N)c1ccc(OC(F)(F)F)c(O)c1C(=S)NC(N)=O. The molecule has 8 nitrogen and oxygen atoms in total. The fourth-order valence-corrected chi connectivity index (χ4v) is 3.32. The maximum absolute atomic E-state index is 12.6. The number of thioether (sulfide) groups is 1. The molecule has 1 aromatic rings. The number of thiocarbonyl (C=S) groups is 1.